The van der Waals surface area contributed by atoms with Gasteiger partial charge in [0, 0.05) is 12.1 Å². The molecule has 0 spiro atoms. The second-order valence-corrected chi connectivity index (χ2v) is 5.17. The molecule has 1 aliphatic carbocycles. The number of fused-ring (bicyclic) bond motifs is 3. The third-order valence-corrected chi connectivity index (χ3v) is 4.01. The van der Waals surface area contributed by atoms with Gasteiger partial charge in [0.2, 0.25) is 0 Å². The normalized spacial score (nSPS) is 18.3. The van der Waals surface area contributed by atoms with Crippen LogP contribution in [0.3, 0.4) is 0 Å². The number of ketones is 1. The van der Waals surface area contributed by atoms with Crippen LogP contribution in [0.1, 0.15) is 36.1 Å². The van der Waals surface area contributed by atoms with E-state index in [0.717, 1.165) is 5.56 Å². The largest absolute Gasteiger partial charge is 0.481 e. The number of pyridine rings is 1. The number of carbonyl (C=O) groups is 2. The summed E-state index contributed by atoms with van der Waals surface area (Å²) in [6.45, 7) is 1.75. The first-order valence-electron chi connectivity index (χ1n) is 6.55. The van der Waals surface area contributed by atoms with Crippen molar-refractivity contribution in [2.24, 2.45) is 0 Å². The lowest BCUT2D eigenvalue weighted by Gasteiger charge is -2.19. The van der Waals surface area contributed by atoms with Crippen LogP contribution in [0.5, 0.6) is 0 Å². The highest BCUT2D eigenvalue weighted by Crippen LogP contribution is 2.36. The average Bonchev–Trinajstić information content (AvgIpc) is 2.70. The van der Waals surface area contributed by atoms with E-state index in [4.69, 9.17) is 5.11 Å². The number of Topliss-reactive ketones (excluding diaryl/α,β-unsaturated/α-hetero) is 1. The Labute approximate surface area is 114 Å². The first-order valence-corrected chi connectivity index (χ1v) is 6.55. The van der Waals surface area contributed by atoms with E-state index in [2.05, 4.69) is 0 Å². The number of hydrogen-bond donors (Lipinski definition) is 1. The molecule has 1 N–H and O–H groups in total. The maximum absolute atomic E-state index is 14.1. The molecule has 4 nitrogen and oxygen atoms in total. The minimum Gasteiger partial charge on any atom is -0.481 e. The molecule has 20 heavy (non-hydrogen) atoms. The number of aliphatic carboxylic acids is 1. The van der Waals surface area contributed by atoms with Crippen molar-refractivity contribution >= 4 is 17.3 Å². The molecule has 0 amide bonds. The van der Waals surface area contributed by atoms with Gasteiger partial charge in [0.15, 0.2) is 5.95 Å². The third kappa shape index (κ3) is 1.73. The molecule has 0 aromatic carbocycles. The van der Waals surface area contributed by atoms with Crippen molar-refractivity contribution < 1.29 is 19.1 Å². The fourth-order valence-corrected chi connectivity index (χ4v) is 3.11. The van der Waals surface area contributed by atoms with Crippen molar-refractivity contribution in [2.45, 2.75) is 32.1 Å². The Bertz CT molecular complexity index is 732. The second-order valence-electron chi connectivity index (χ2n) is 5.17. The van der Waals surface area contributed by atoms with Gasteiger partial charge >= 0.3 is 5.97 Å². The molecule has 1 aliphatic rings. The van der Waals surface area contributed by atoms with Crippen LogP contribution in [0, 0.1) is 5.95 Å². The zero-order valence-electron chi connectivity index (χ0n) is 11.0. The number of hydrogen-bond acceptors (Lipinski definition) is 2. The minimum absolute atomic E-state index is 0.0713. The Kier molecular flexibility index (Phi) is 2.85. The number of halogens is 1. The van der Waals surface area contributed by atoms with Gasteiger partial charge in [0.05, 0.1) is 17.9 Å². The van der Waals surface area contributed by atoms with Crippen molar-refractivity contribution in [2.75, 3.05) is 0 Å². The van der Waals surface area contributed by atoms with Crippen LogP contribution in [0.2, 0.25) is 0 Å². The topological polar surface area (TPSA) is 58.8 Å². The summed E-state index contributed by atoms with van der Waals surface area (Å²) in [6, 6.07) is 4.59. The summed E-state index contributed by atoms with van der Waals surface area (Å²) < 4.78 is 15.5. The maximum atomic E-state index is 14.1. The number of carboxylic acids is 1. The molecule has 0 bridgehead atoms. The van der Waals surface area contributed by atoms with Crippen LogP contribution in [-0.2, 0) is 22.4 Å². The lowest BCUT2D eigenvalue weighted by atomic mass is 9.86. The summed E-state index contributed by atoms with van der Waals surface area (Å²) in [6.07, 6.45) is 0.727. The highest BCUT2D eigenvalue weighted by Gasteiger charge is 2.31. The van der Waals surface area contributed by atoms with Crippen molar-refractivity contribution in [1.82, 2.24) is 4.40 Å². The van der Waals surface area contributed by atoms with E-state index in [9.17, 15) is 14.0 Å². The fourth-order valence-electron chi connectivity index (χ4n) is 3.11. The van der Waals surface area contributed by atoms with Crippen LogP contribution in [0.4, 0.5) is 4.39 Å². The molecule has 5 heteroatoms. The van der Waals surface area contributed by atoms with Gasteiger partial charge in [-0.25, -0.2) is 0 Å². The molecule has 0 radical (unpaired) electrons. The molecule has 0 saturated carbocycles. The van der Waals surface area contributed by atoms with Crippen molar-refractivity contribution in [3.63, 3.8) is 0 Å². The van der Waals surface area contributed by atoms with Gasteiger partial charge in [0.1, 0.15) is 5.78 Å². The Balaban J connectivity index is 2.37. The Morgan fingerprint density at radius 1 is 1.45 bits per heavy atom. The van der Waals surface area contributed by atoms with Crippen LogP contribution >= 0.6 is 0 Å². The molecular weight excluding hydrogens is 261 g/mol. The van der Waals surface area contributed by atoms with E-state index in [1.165, 1.54) is 10.5 Å². The minimum atomic E-state index is -0.950. The monoisotopic (exact) mass is 275 g/mol. The predicted octanol–water partition coefficient (Wildman–Crippen LogP) is 2.32. The summed E-state index contributed by atoms with van der Waals surface area (Å²) in [5.74, 6) is -1.74. The van der Waals surface area contributed by atoms with Gasteiger partial charge in [-0.2, -0.15) is 4.39 Å². The molecule has 0 fully saturated rings. The van der Waals surface area contributed by atoms with Crippen LogP contribution in [0.25, 0.3) is 5.52 Å². The van der Waals surface area contributed by atoms with Gasteiger partial charge < -0.3 is 5.11 Å². The van der Waals surface area contributed by atoms with Crippen LogP contribution < -0.4 is 0 Å². The van der Waals surface area contributed by atoms with Crippen molar-refractivity contribution in [3.8, 4) is 0 Å². The molecule has 0 saturated heterocycles. The van der Waals surface area contributed by atoms with Gasteiger partial charge in [-0.1, -0.05) is 6.07 Å². The smallest absolute Gasteiger partial charge is 0.307 e. The van der Waals surface area contributed by atoms with E-state index in [1.54, 1.807) is 19.1 Å². The van der Waals surface area contributed by atoms with Crippen LogP contribution in [-0.4, -0.2) is 21.3 Å². The zero-order valence-corrected chi connectivity index (χ0v) is 11.0. The second kappa shape index (κ2) is 4.44. The lowest BCUT2D eigenvalue weighted by Crippen LogP contribution is -2.20. The van der Waals surface area contributed by atoms with E-state index in [1.807, 2.05) is 0 Å². The van der Waals surface area contributed by atoms with Crippen molar-refractivity contribution in [3.05, 3.63) is 41.0 Å². The molecule has 1 atom stereocenters. The molecule has 2 aromatic heterocycles. The maximum Gasteiger partial charge on any atom is 0.307 e. The third-order valence-electron chi connectivity index (χ3n) is 4.01. The van der Waals surface area contributed by atoms with E-state index in [0.29, 0.717) is 29.6 Å². The zero-order chi connectivity index (χ0) is 14.4. The first kappa shape index (κ1) is 12.8. The summed E-state index contributed by atoms with van der Waals surface area (Å²) in [5, 5.41) is 9.06. The molecule has 2 heterocycles. The number of carboxylic acid groups (broad SMARTS) is 1. The molecule has 0 aliphatic heterocycles. The molecule has 1 unspecified atom stereocenters. The molecule has 104 valence electrons. The molecule has 3 rings (SSSR count). The van der Waals surface area contributed by atoms with Gasteiger partial charge in [-0.15, -0.1) is 0 Å². The number of rotatable bonds is 2. The van der Waals surface area contributed by atoms with E-state index >= 15 is 0 Å². The van der Waals surface area contributed by atoms with Crippen LogP contribution in [0.15, 0.2) is 18.2 Å². The number of nitrogens with zero attached hydrogens (tertiary/aromatic N) is 1. The molecular formula is C15H14FNO3. The standard InChI is InChI=1S/C15H14FNO3/c1-8-12(18)6-5-9-10(7-14(19)20)11-3-2-4-13(16)17(11)15(8)9/h2-4,8H,5-7H2,1H3,(H,19,20). The average molecular weight is 275 g/mol. The highest BCUT2D eigenvalue weighted by atomic mass is 19.1. The summed E-state index contributed by atoms with van der Waals surface area (Å²) in [7, 11) is 0. The number of aromatic nitrogens is 1. The predicted molar refractivity (Wildman–Crippen MR) is 70.4 cm³/mol. The Morgan fingerprint density at radius 3 is 2.90 bits per heavy atom. The lowest BCUT2D eigenvalue weighted by molar-refractivity contribution is -0.136. The van der Waals surface area contributed by atoms with E-state index in [-0.39, 0.29) is 12.2 Å². The van der Waals surface area contributed by atoms with Crippen molar-refractivity contribution in [1.29, 1.82) is 0 Å². The number of carbonyl (C=O) groups excluding carboxylic acids is 1. The fraction of sp³-hybridized carbons (Fsp3) is 0.333. The summed E-state index contributed by atoms with van der Waals surface area (Å²) in [5.41, 5.74) is 2.63. The summed E-state index contributed by atoms with van der Waals surface area (Å²) >= 11 is 0. The first-order chi connectivity index (χ1) is 9.50. The Hall–Kier alpha value is -2.17. The van der Waals surface area contributed by atoms with Gasteiger partial charge in [0.25, 0.3) is 0 Å². The Morgan fingerprint density at radius 2 is 2.20 bits per heavy atom. The highest BCUT2D eigenvalue weighted by molar-refractivity contribution is 5.89. The quantitative estimate of drug-likeness (QED) is 0.856. The van der Waals surface area contributed by atoms with E-state index < -0.39 is 17.8 Å². The van der Waals surface area contributed by atoms with Gasteiger partial charge in [-0.3, -0.25) is 14.0 Å². The SMILES string of the molecule is CC1C(=O)CCc2c(CC(=O)O)c3cccc(F)n3c21. The summed E-state index contributed by atoms with van der Waals surface area (Å²) in [4.78, 5) is 22.9. The van der Waals surface area contributed by atoms with Gasteiger partial charge in [-0.05, 0) is 36.6 Å². The molecule has 2 aromatic rings.